The summed E-state index contributed by atoms with van der Waals surface area (Å²) in [5.74, 6) is 0.580. The van der Waals surface area contributed by atoms with E-state index in [1.54, 1.807) is 13.2 Å². The molecule has 1 heterocycles. The average Bonchev–Trinajstić information content (AvgIpc) is 3.20. The Morgan fingerprint density at radius 1 is 1.08 bits per heavy atom. The molecule has 0 unspecified atom stereocenters. The highest BCUT2D eigenvalue weighted by atomic mass is 79.9. The molecule has 1 saturated carbocycles. The van der Waals surface area contributed by atoms with Gasteiger partial charge in [0, 0.05) is 58.9 Å². The molecule has 9 heteroatoms. The van der Waals surface area contributed by atoms with E-state index < -0.39 is 0 Å². The fraction of sp³-hybridized carbons (Fsp3) is 0.464. The fourth-order valence-electron chi connectivity index (χ4n) is 5.09. The zero-order chi connectivity index (χ0) is 26.7. The second-order valence-corrected chi connectivity index (χ2v) is 11.1. The number of methoxy groups -OCH3 is 1. The zero-order valence-electron chi connectivity index (χ0n) is 21.9. The number of nitrogens with zero attached hydrogens (tertiary/aromatic N) is 2. The van der Waals surface area contributed by atoms with Crippen LogP contribution in [-0.2, 0) is 16.1 Å². The van der Waals surface area contributed by atoms with Crippen LogP contribution in [0.25, 0.3) is 0 Å². The van der Waals surface area contributed by atoms with Crippen LogP contribution in [0.5, 0.6) is 5.75 Å². The Hall–Kier alpha value is -2.91. The molecule has 0 spiro atoms. The van der Waals surface area contributed by atoms with Crippen molar-refractivity contribution in [3.8, 4) is 5.75 Å². The standard InChI is InChI=1S/C28H35BrN4O4/c1-17-5-8-19(15-25(17)37-4)31-27(35)18-6-9-21(10-7-18)33-16-23-22(28(33)36)13-20(14-24(23)29)30-26(34)11-12-32(2)3/h5,8,13-15,18,21H,6-7,9-12,16H2,1-4H3,(H,30,34)(H,31,35). The molecule has 0 saturated heterocycles. The van der Waals surface area contributed by atoms with Crippen molar-refractivity contribution in [1.82, 2.24) is 9.80 Å². The van der Waals surface area contributed by atoms with E-state index in [1.165, 1.54) is 0 Å². The molecule has 198 valence electrons. The van der Waals surface area contributed by atoms with Crippen molar-refractivity contribution in [1.29, 1.82) is 0 Å². The molecule has 0 aromatic heterocycles. The number of aryl methyl sites for hydroxylation is 1. The van der Waals surface area contributed by atoms with Gasteiger partial charge in [0.05, 0.1) is 7.11 Å². The summed E-state index contributed by atoms with van der Waals surface area (Å²) in [6, 6.07) is 9.40. The number of rotatable bonds is 8. The van der Waals surface area contributed by atoms with Crippen molar-refractivity contribution in [2.45, 2.75) is 51.6 Å². The smallest absolute Gasteiger partial charge is 0.254 e. The second kappa shape index (κ2) is 11.6. The van der Waals surface area contributed by atoms with Gasteiger partial charge in [-0.15, -0.1) is 0 Å². The SMILES string of the molecule is COc1cc(NC(=O)C2CCC(N3Cc4c(Br)cc(NC(=O)CCN(C)C)cc4C3=O)CC2)ccc1C. The first-order valence-corrected chi connectivity index (χ1v) is 13.5. The molecule has 2 aromatic carbocycles. The van der Waals surface area contributed by atoms with Gasteiger partial charge >= 0.3 is 0 Å². The Morgan fingerprint density at radius 3 is 2.49 bits per heavy atom. The predicted octanol–water partition coefficient (Wildman–Crippen LogP) is 4.81. The maximum absolute atomic E-state index is 13.3. The summed E-state index contributed by atoms with van der Waals surface area (Å²) in [5, 5.41) is 5.93. The van der Waals surface area contributed by atoms with E-state index in [1.807, 2.05) is 55.1 Å². The molecule has 3 amide bonds. The molecule has 2 aliphatic rings. The maximum Gasteiger partial charge on any atom is 0.254 e. The van der Waals surface area contributed by atoms with Crippen molar-refractivity contribution >= 4 is 45.0 Å². The molecule has 1 aliphatic carbocycles. The minimum Gasteiger partial charge on any atom is -0.496 e. The van der Waals surface area contributed by atoms with E-state index in [-0.39, 0.29) is 29.7 Å². The van der Waals surface area contributed by atoms with Gasteiger partial charge in [-0.3, -0.25) is 14.4 Å². The number of fused-ring (bicyclic) bond motifs is 1. The highest BCUT2D eigenvalue weighted by molar-refractivity contribution is 9.10. The summed E-state index contributed by atoms with van der Waals surface area (Å²) in [5.41, 5.74) is 3.95. The van der Waals surface area contributed by atoms with E-state index >= 15 is 0 Å². The van der Waals surface area contributed by atoms with Crippen LogP contribution < -0.4 is 15.4 Å². The molecule has 1 aliphatic heterocycles. The van der Waals surface area contributed by atoms with Crippen LogP contribution in [0.3, 0.4) is 0 Å². The topological polar surface area (TPSA) is 91.0 Å². The molecule has 2 aromatic rings. The number of ether oxygens (including phenoxy) is 1. The molecule has 4 rings (SSSR count). The molecule has 37 heavy (non-hydrogen) atoms. The first kappa shape index (κ1) is 27.1. The monoisotopic (exact) mass is 570 g/mol. The highest BCUT2D eigenvalue weighted by Crippen LogP contribution is 2.38. The van der Waals surface area contributed by atoms with Gasteiger partial charge in [-0.05, 0) is 76.0 Å². The number of hydrogen-bond donors (Lipinski definition) is 2. The van der Waals surface area contributed by atoms with Gasteiger partial charge in [0.2, 0.25) is 11.8 Å². The number of benzene rings is 2. The number of anilines is 2. The van der Waals surface area contributed by atoms with E-state index in [9.17, 15) is 14.4 Å². The molecule has 0 bridgehead atoms. The van der Waals surface area contributed by atoms with Crippen molar-refractivity contribution < 1.29 is 19.1 Å². The molecule has 8 nitrogen and oxygen atoms in total. The minimum absolute atomic E-state index is 0.0118. The Bertz CT molecular complexity index is 1190. The maximum atomic E-state index is 13.3. The summed E-state index contributed by atoms with van der Waals surface area (Å²) < 4.78 is 6.18. The summed E-state index contributed by atoms with van der Waals surface area (Å²) in [6.45, 7) is 3.16. The first-order valence-electron chi connectivity index (χ1n) is 12.7. The molecule has 0 atom stereocenters. The van der Waals surface area contributed by atoms with Gasteiger partial charge in [-0.1, -0.05) is 22.0 Å². The number of carbonyl (C=O) groups is 3. The molecular weight excluding hydrogens is 536 g/mol. The fourth-order valence-corrected chi connectivity index (χ4v) is 5.68. The molecule has 1 fully saturated rings. The lowest BCUT2D eigenvalue weighted by Crippen LogP contribution is -2.40. The van der Waals surface area contributed by atoms with E-state index in [4.69, 9.17) is 4.74 Å². The van der Waals surface area contributed by atoms with Gasteiger partial charge in [0.25, 0.3) is 5.91 Å². The Labute approximate surface area is 226 Å². The number of nitrogens with one attached hydrogen (secondary N) is 2. The van der Waals surface area contributed by atoms with Crippen LogP contribution in [0, 0.1) is 12.8 Å². The zero-order valence-corrected chi connectivity index (χ0v) is 23.5. The third-order valence-corrected chi connectivity index (χ3v) is 7.98. The van der Waals surface area contributed by atoms with Crippen LogP contribution >= 0.6 is 15.9 Å². The van der Waals surface area contributed by atoms with Crippen LogP contribution in [0.4, 0.5) is 11.4 Å². The van der Waals surface area contributed by atoms with E-state index in [0.717, 1.165) is 52.7 Å². The van der Waals surface area contributed by atoms with Crippen LogP contribution in [0.1, 0.15) is 53.6 Å². The summed E-state index contributed by atoms with van der Waals surface area (Å²) in [6.07, 6.45) is 3.40. The van der Waals surface area contributed by atoms with Gasteiger partial charge in [0.15, 0.2) is 0 Å². The predicted molar refractivity (Wildman–Crippen MR) is 148 cm³/mol. The lowest BCUT2D eigenvalue weighted by atomic mass is 9.84. The quantitative estimate of drug-likeness (QED) is 0.475. The summed E-state index contributed by atoms with van der Waals surface area (Å²) >= 11 is 3.60. The van der Waals surface area contributed by atoms with E-state index in [2.05, 4.69) is 26.6 Å². The second-order valence-electron chi connectivity index (χ2n) is 10.2. The van der Waals surface area contributed by atoms with Gasteiger partial charge in [0.1, 0.15) is 5.75 Å². The number of carbonyl (C=O) groups excluding carboxylic acids is 3. The third kappa shape index (κ3) is 6.33. The number of amides is 3. The van der Waals surface area contributed by atoms with Crippen LogP contribution in [-0.4, -0.2) is 61.3 Å². The van der Waals surface area contributed by atoms with Crippen molar-refractivity contribution in [2.24, 2.45) is 5.92 Å². The number of halogens is 1. The summed E-state index contributed by atoms with van der Waals surface area (Å²) in [7, 11) is 5.47. The largest absolute Gasteiger partial charge is 0.496 e. The van der Waals surface area contributed by atoms with Crippen molar-refractivity contribution in [3.63, 3.8) is 0 Å². The number of hydrogen-bond acceptors (Lipinski definition) is 5. The Balaban J connectivity index is 1.35. The Kier molecular flexibility index (Phi) is 8.54. The van der Waals surface area contributed by atoms with Gasteiger partial charge in [-0.2, -0.15) is 0 Å². The van der Waals surface area contributed by atoms with Crippen LogP contribution in [0.15, 0.2) is 34.8 Å². The van der Waals surface area contributed by atoms with Gasteiger partial charge < -0.3 is 25.2 Å². The lowest BCUT2D eigenvalue weighted by Gasteiger charge is -2.34. The van der Waals surface area contributed by atoms with Gasteiger partial charge in [-0.25, -0.2) is 0 Å². The summed E-state index contributed by atoms with van der Waals surface area (Å²) in [4.78, 5) is 42.4. The van der Waals surface area contributed by atoms with Crippen molar-refractivity contribution in [3.05, 3.63) is 51.5 Å². The Morgan fingerprint density at radius 2 is 1.81 bits per heavy atom. The normalized spacial score (nSPS) is 19.1. The average molecular weight is 572 g/mol. The minimum atomic E-state index is -0.0839. The van der Waals surface area contributed by atoms with Crippen molar-refractivity contribution in [2.75, 3.05) is 38.4 Å². The third-order valence-electron chi connectivity index (χ3n) is 7.27. The first-order chi connectivity index (χ1) is 17.7. The van der Waals surface area contributed by atoms with E-state index in [0.29, 0.717) is 30.8 Å². The molecule has 2 N–H and O–H groups in total. The lowest BCUT2D eigenvalue weighted by molar-refractivity contribution is -0.121. The molecule has 0 radical (unpaired) electrons. The van der Waals surface area contributed by atoms with Crippen LogP contribution in [0.2, 0.25) is 0 Å². The molecular formula is C28H35BrN4O4. The highest BCUT2D eigenvalue weighted by Gasteiger charge is 2.37.